The van der Waals surface area contributed by atoms with Crippen molar-refractivity contribution in [2.75, 3.05) is 0 Å². The van der Waals surface area contributed by atoms with Crippen LogP contribution in [0.5, 0.6) is 0 Å². The molecular weight excluding hydrogens is 358 g/mol. The second-order valence-electron chi connectivity index (χ2n) is 4.76. The van der Waals surface area contributed by atoms with E-state index in [2.05, 4.69) is 5.10 Å². The van der Waals surface area contributed by atoms with Crippen LogP contribution in [0.3, 0.4) is 0 Å². The molecule has 0 saturated carbocycles. The summed E-state index contributed by atoms with van der Waals surface area (Å²) in [6.45, 7) is 0.898. The van der Waals surface area contributed by atoms with E-state index < -0.39 is 17.7 Å². The van der Waals surface area contributed by atoms with Gasteiger partial charge in [-0.2, -0.15) is 13.2 Å². The number of halogens is 5. The topological polar surface area (TPSA) is 56.9 Å². The summed E-state index contributed by atoms with van der Waals surface area (Å²) in [4.78, 5) is 23.4. The SMILES string of the molecule is CC(=O)c1ccc(Cl)c(Cn2nc(C(F)(F)F)n(C)c2=O)c1Cl. The summed E-state index contributed by atoms with van der Waals surface area (Å²) in [6.07, 6.45) is -4.77. The van der Waals surface area contributed by atoms with E-state index in [0.717, 1.165) is 7.05 Å². The van der Waals surface area contributed by atoms with Crippen LogP contribution in [-0.4, -0.2) is 20.1 Å². The maximum absolute atomic E-state index is 12.8. The van der Waals surface area contributed by atoms with E-state index in [9.17, 15) is 22.8 Å². The maximum Gasteiger partial charge on any atom is 0.451 e. The van der Waals surface area contributed by atoms with Gasteiger partial charge in [-0.3, -0.25) is 9.36 Å². The lowest BCUT2D eigenvalue weighted by Gasteiger charge is -2.09. The van der Waals surface area contributed by atoms with Crippen molar-refractivity contribution in [3.63, 3.8) is 0 Å². The zero-order valence-electron chi connectivity index (χ0n) is 11.9. The maximum atomic E-state index is 12.8. The molecule has 0 bridgehead atoms. The van der Waals surface area contributed by atoms with Crippen molar-refractivity contribution in [1.29, 1.82) is 0 Å². The molecule has 0 spiro atoms. The molecule has 0 saturated heterocycles. The normalized spacial score (nSPS) is 11.8. The second-order valence-corrected chi connectivity index (χ2v) is 5.55. The van der Waals surface area contributed by atoms with E-state index in [1.807, 2.05) is 0 Å². The Kier molecular flexibility index (Phi) is 4.59. The van der Waals surface area contributed by atoms with Gasteiger partial charge in [-0.05, 0) is 19.1 Å². The van der Waals surface area contributed by atoms with E-state index in [1.165, 1.54) is 19.1 Å². The Balaban J connectivity index is 2.55. The van der Waals surface area contributed by atoms with Gasteiger partial charge in [0.25, 0.3) is 0 Å². The zero-order valence-corrected chi connectivity index (χ0v) is 13.4. The van der Waals surface area contributed by atoms with Gasteiger partial charge in [0, 0.05) is 23.2 Å². The fourth-order valence-electron chi connectivity index (χ4n) is 2.00. The number of hydrogen-bond acceptors (Lipinski definition) is 3. The molecule has 0 aliphatic rings. The molecule has 0 unspecified atom stereocenters. The molecule has 5 nitrogen and oxygen atoms in total. The van der Waals surface area contributed by atoms with Crippen LogP contribution in [0.15, 0.2) is 16.9 Å². The quantitative estimate of drug-likeness (QED) is 0.783. The van der Waals surface area contributed by atoms with Gasteiger partial charge in [-0.1, -0.05) is 23.2 Å². The summed E-state index contributed by atoms with van der Waals surface area (Å²) in [7, 11) is 0.962. The molecule has 0 fully saturated rings. The van der Waals surface area contributed by atoms with E-state index in [1.54, 1.807) is 0 Å². The number of carbonyl (C=O) groups is 1. The Hall–Kier alpha value is -1.80. The molecule has 1 aromatic heterocycles. The first-order chi connectivity index (χ1) is 10.5. The van der Waals surface area contributed by atoms with E-state index >= 15 is 0 Å². The molecule has 1 aromatic carbocycles. The van der Waals surface area contributed by atoms with Crippen molar-refractivity contribution >= 4 is 29.0 Å². The molecule has 0 radical (unpaired) electrons. The molecule has 1 heterocycles. The van der Waals surface area contributed by atoms with E-state index in [0.29, 0.717) is 9.25 Å². The molecule has 0 aliphatic heterocycles. The van der Waals surface area contributed by atoms with Gasteiger partial charge in [-0.25, -0.2) is 9.48 Å². The Bertz CT molecular complexity index is 840. The number of benzene rings is 1. The summed E-state index contributed by atoms with van der Waals surface area (Å²) in [5.41, 5.74) is -0.668. The molecule has 0 amide bonds. The fourth-order valence-corrected chi connectivity index (χ4v) is 2.63. The summed E-state index contributed by atoms with van der Waals surface area (Å²) in [6, 6.07) is 2.79. The highest BCUT2D eigenvalue weighted by molar-refractivity contribution is 6.38. The standard InChI is InChI=1S/C13H10Cl2F3N3O2/c1-6(22)7-3-4-9(14)8(10(7)15)5-21-12(23)20(2)11(19-21)13(16,17)18/h3-4H,5H2,1-2H3. The molecule has 0 atom stereocenters. The Morgan fingerprint density at radius 3 is 2.39 bits per heavy atom. The number of alkyl halides is 3. The predicted molar refractivity (Wildman–Crippen MR) is 78.0 cm³/mol. The third-order valence-electron chi connectivity index (χ3n) is 3.17. The van der Waals surface area contributed by atoms with Crippen molar-refractivity contribution in [1.82, 2.24) is 14.3 Å². The van der Waals surface area contributed by atoms with Gasteiger partial charge >= 0.3 is 11.9 Å². The van der Waals surface area contributed by atoms with Crippen LogP contribution in [0.1, 0.15) is 28.7 Å². The number of carbonyl (C=O) groups excluding carboxylic acids is 1. The minimum Gasteiger partial charge on any atom is -0.294 e. The number of hydrogen-bond donors (Lipinski definition) is 0. The van der Waals surface area contributed by atoms with Gasteiger partial charge in [0.1, 0.15) is 0 Å². The number of Topliss-reactive ketones (excluding diaryl/α,β-unsaturated/α-hetero) is 1. The minimum atomic E-state index is -4.77. The highest BCUT2D eigenvalue weighted by atomic mass is 35.5. The van der Waals surface area contributed by atoms with Crippen LogP contribution in [0.4, 0.5) is 13.2 Å². The summed E-state index contributed by atoms with van der Waals surface area (Å²) < 4.78 is 39.3. The first-order valence-electron chi connectivity index (χ1n) is 6.23. The van der Waals surface area contributed by atoms with Crippen molar-refractivity contribution < 1.29 is 18.0 Å². The first kappa shape index (κ1) is 17.6. The molecule has 0 aliphatic carbocycles. The molecule has 10 heteroatoms. The lowest BCUT2D eigenvalue weighted by molar-refractivity contribution is -0.147. The Morgan fingerprint density at radius 1 is 1.30 bits per heavy atom. The van der Waals surface area contributed by atoms with Crippen molar-refractivity contribution in [3.05, 3.63) is 49.6 Å². The van der Waals surface area contributed by atoms with Crippen LogP contribution in [0.2, 0.25) is 10.0 Å². The first-order valence-corrected chi connectivity index (χ1v) is 6.98. The monoisotopic (exact) mass is 367 g/mol. The summed E-state index contributed by atoms with van der Waals surface area (Å²) in [5.74, 6) is -1.67. The van der Waals surface area contributed by atoms with Crippen LogP contribution in [0.25, 0.3) is 0 Å². The third-order valence-corrected chi connectivity index (χ3v) is 3.95. The number of ketones is 1. The van der Waals surface area contributed by atoms with Gasteiger partial charge < -0.3 is 0 Å². The average Bonchev–Trinajstić information content (AvgIpc) is 2.70. The van der Waals surface area contributed by atoms with Crippen molar-refractivity contribution in [2.45, 2.75) is 19.6 Å². The number of nitrogens with zero attached hydrogens (tertiary/aromatic N) is 3. The minimum absolute atomic E-state index is 0.0175. The van der Waals surface area contributed by atoms with Gasteiger partial charge in [0.05, 0.1) is 11.6 Å². The Labute approximate surface area is 138 Å². The largest absolute Gasteiger partial charge is 0.451 e. The molecular formula is C13H10Cl2F3N3O2. The second kappa shape index (κ2) is 6.01. The molecule has 124 valence electrons. The lowest BCUT2D eigenvalue weighted by atomic mass is 10.1. The van der Waals surface area contributed by atoms with E-state index in [-0.39, 0.29) is 33.5 Å². The molecule has 0 N–H and O–H groups in total. The van der Waals surface area contributed by atoms with Gasteiger partial charge in [0.2, 0.25) is 5.82 Å². The highest BCUT2D eigenvalue weighted by Crippen LogP contribution is 2.30. The number of aromatic nitrogens is 3. The van der Waals surface area contributed by atoms with Crippen molar-refractivity contribution in [2.24, 2.45) is 7.05 Å². The fraction of sp³-hybridized carbons (Fsp3) is 0.308. The lowest BCUT2D eigenvalue weighted by Crippen LogP contribution is -2.25. The smallest absolute Gasteiger partial charge is 0.294 e. The van der Waals surface area contributed by atoms with Crippen molar-refractivity contribution in [3.8, 4) is 0 Å². The molecule has 2 rings (SSSR count). The molecule has 2 aromatic rings. The number of rotatable bonds is 3. The third kappa shape index (κ3) is 3.28. The van der Waals surface area contributed by atoms with Gasteiger partial charge in [0.15, 0.2) is 5.78 Å². The Morgan fingerprint density at radius 2 is 1.91 bits per heavy atom. The average molecular weight is 368 g/mol. The van der Waals surface area contributed by atoms with Crippen LogP contribution in [0, 0.1) is 0 Å². The summed E-state index contributed by atoms with van der Waals surface area (Å²) in [5, 5.41) is 3.37. The molecule has 23 heavy (non-hydrogen) atoms. The van der Waals surface area contributed by atoms with Crippen LogP contribution in [-0.2, 0) is 19.8 Å². The van der Waals surface area contributed by atoms with E-state index in [4.69, 9.17) is 23.2 Å². The van der Waals surface area contributed by atoms with Crippen LogP contribution >= 0.6 is 23.2 Å². The highest BCUT2D eigenvalue weighted by Gasteiger charge is 2.38. The van der Waals surface area contributed by atoms with Crippen LogP contribution < -0.4 is 5.69 Å². The summed E-state index contributed by atoms with van der Waals surface area (Å²) >= 11 is 12.0. The zero-order chi connectivity index (χ0) is 17.5. The van der Waals surface area contributed by atoms with Gasteiger partial charge in [-0.15, -0.1) is 5.10 Å². The predicted octanol–water partition coefficient (Wildman–Crippen LogP) is 3.16.